The topological polar surface area (TPSA) is 117 Å². The molecule has 2 heterocycles. The first kappa shape index (κ1) is 24.8. The number of nitrogens with two attached hydrogens (primary N) is 1. The summed E-state index contributed by atoms with van der Waals surface area (Å²) in [7, 11) is 0. The van der Waals surface area contributed by atoms with Crippen molar-refractivity contribution in [3.8, 4) is 5.75 Å². The third-order valence-corrected chi connectivity index (χ3v) is 5.88. The summed E-state index contributed by atoms with van der Waals surface area (Å²) in [5, 5.41) is 12.0. The molecule has 0 radical (unpaired) electrons. The van der Waals surface area contributed by atoms with Gasteiger partial charge in [-0.3, -0.25) is 10.2 Å². The number of rotatable bonds is 8. The minimum Gasteiger partial charge on any atom is -0.486 e. The Labute approximate surface area is 207 Å². The Morgan fingerprint density at radius 1 is 1.28 bits per heavy atom. The minimum absolute atomic E-state index is 0.00816. The maximum absolute atomic E-state index is 14.8. The third-order valence-electron chi connectivity index (χ3n) is 5.88. The average Bonchev–Trinajstić information content (AvgIpc) is 2.87. The van der Waals surface area contributed by atoms with Crippen LogP contribution in [0.5, 0.6) is 5.75 Å². The number of amides is 1. The van der Waals surface area contributed by atoms with Crippen LogP contribution in [0.2, 0.25) is 0 Å². The highest BCUT2D eigenvalue weighted by atomic mass is 19.1. The molecule has 0 spiro atoms. The van der Waals surface area contributed by atoms with Crippen LogP contribution in [0.3, 0.4) is 0 Å². The number of nitrogens with one attached hydrogen (secondary N) is 2. The predicted molar refractivity (Wildman–Crippen MR) is 133 cm³/mol. The molecule has 4 N–H and O–H groups in total. The fourth-order valence-electron chi connectivity index (χ4n) is 4.08. The molecule has 8 nitrogen and oxygen atoms in total. The van der Waals surface area contributed by atoms with Crippen molar-refractivity contribution in [2.75, 3.05) is 24.1 Å². The number of halogens is 2. The molecule has 0 bridgehead atoms. The Bertz CT molecular complexity index is 1300. The van der Waals surface area contributed by atoms with Gasteiger partial charge in [-0.1, -0.05) is 18.7 Å². The molecule has 1 aliphatic heterocycles. The molecule has 1 saturated heterocycles. The van der Waals surface area contributed by atoms with Crippen LogP contribution < -0.4 is 15.8 Å². The molecular formula is C26H26F2N6O2. The second-order valence-electron chi connectivity index (χ2n) is 8.39. The van der Waals surface area contributed by atoms with Gasteiger partial charge in [0, 0.05) is 24.7 Å². The first-order valence-electron chi connectivity index (χ1n) is 11.4. The summed E-state index contributed by atoms with van der Waals surface area (Å²) in [6.45, 7) is 4.63. The Hall–Kier alpha value is -4.34. The molecule has 1 aliphatic rings. The highest BCUT2D eigenvalue weighted by Crippen LogP contribution is 2.27. The second-order valence-corrected chi connectivity index (χ2v) is 8.39. The Kier molecular flexibility index (Phi) is 7.53. The van der Waals surface area contributed by atoms with Crippen molar-refractivity contribution in [3.63, 3.8) is 0 Å². The predicted octanol–water partition coefficient (Wildman–Crippen LogP) is 3.92. The molecule has 10 heteroatoms. The molecule has 3 aromatic rings. The van der Waals surface area contributed by atoms with Gasteiger partial charge in [0.25, 0.3) is 0 Å². The van der Waals surface area contributed by atoms with Crippen molar-refractivity contribution in [1.29, 1.82) is 5.41 Å². The van der Waals surface area contributed by atoms with Crippen LogP contribution in [-0.2, 0) is 11.4 Å². The lowest BCUT2D eigenvalue weighted by molar-refractivity contribution is -0.127. The average molecular weight is 493 g/mol. The van der Waals surface area contributed by atoms with Crippen LogP contribution in [0.4, 0.5) is 20.4 Å². The number of nitrogen functional groups attached to an aromatic ring is 1. The first-order valence-corrected chi connectivity index (χ1v) is 11.4. The Balaban J connectivity index is 1.51. The first-order chi connectivity index (χ1) is 17.4. The van der Waals surface area contributed by atoms with Gasteiger partial charge in [-0.25, -0.2) is 18.7 Å². The Morgan fingerprint density at radius 2 is 2.11 bits per heavy atom. The van der Waals surface area contributed by atoms with Crippen molar-refractivity contribution in [1.82, 2.24) is 14.9 Å². The number of piperidine rings is 1. The Morgan fingerprint density at radius 3 is 2.86 bits per heavy atom. The second kappa shape index (κ2) is 10.9. The number of nitrogens with zero attached hydrogens (tertiary/aromatic N) is 3. The van der Waals surface area contributed by atoms with Gasteiger partial charge in [-0.15, -0.1) is 0 Å². The lowest BCUT2D eigenvalue weighted by Crippen LogP contribution is -2.44. The highest BCUT2D eigenvalue weighted by molar-refractivity contribution is 6.16. The van der Waals surface area contributed by atoms with Crippen LogP contribution in [0.1, 0.15) is 29.5 Å². The summed E-state index contributed by atoms with van der Waals surface area (Å²) in [6, 6.07) is 9.86. The number of aromatic nitrogens is 2. The van der Waals surface area contributed by atoms with Gasteiger partial charge in [0.1, 0.15) is 30.4 Å². The number of carbonyl (C=O) groups excluding carboxylic acids is 1. The molecule has 1 fully saturated rings. The van der Waals surface area contributed by atoms with E-state index in [1.807, 2.05) is 0 Å². The smallest absolute Gasteiger partial charge is 0.246 e. The molecule has 1 aromatic heterocycles. The van der Waals surface area contributed by atoms with Crippen molar-refractivity contribution < 1.29 is 18.3 Å². The number of carbonyl (C=O) groups is 1. The van der Waals surface area contributed by atoms with Gasteiger partial charge in [0.05, 0.1) is 11.3 Å². The number of hydrogen-bond donors (Lipinski definition) is 3. The lowest BCUT2D eigenvalue weighted by atomic mass is 10.0. The molecule has 1 unspecified atom stereocenters. The van der Waals surface area contributed by atoms with E-state index in [0.717, 1.165) is 12.8 Å². The maximum Gasteiger partial charge on any atom is 0.246 e. The number of anilines is 2. The van der Waals surface area contributed by atoms with Crippen molar-refractivity contribution in [3.05, 3.63) is 89.8 Å². The van der Waals surface area contributed by atoms with E-state index in [9.17, 15) is 13.6 Å². The lowest BCUT2D eigenvalue weighted by Gasteiger charge is -2.33. The van der Waals surface area contributed by atoms with Crippen molar-refractivity contribution in [2.45, 2.75) is 25.5 Å². The molecule has 36 heavy (non-hydrogen) atoms. The fourth-order valence-corrected chi connectivity index (χ4v) is 4.08. The minimum atomic E-state index is -0.676. The number of hydrogen-bond acceptors (Lipinski definition) is 7. The van der Waals surface area contributed by atoms with Crippen LogP contribution in [0, 0.1) is 17.0 Å². The zero-order valence-corrected chi connectivity index (χ0v) is 19.5. The van der Waals surface area contributed by atoms with E-state index in [4.69, 9.17) is 15.9 Å². The van der Waals surface area contributed by atoms with E-state index in [1.165, 1.54) is 42.7 Å². The van der Waals surface area contributed by atoms with Gasteiger partial charge >= 0.3 is 0 Å². The quantitative estimate of drug-likeness (QED) is 0.324. The molecule has 0 saturated carbocycles. The molecule has 186 valence electrons. The molecule has 1 atom stereocenters. The molecule has 2 aromatic carbocycles. The van der Waals surface area contributed by atoms with Crippen molar-refractivity contribution >= 4 is 23.3 Å². The number of likely N-dealkylation sites (tertiary alicyclic amines) is 1. The summed E-state index contributed by atoms with van der Waals surface area (Å²) < 4.78 is 33.7. The molecule has 4 rings (SSSR count). The van der Waals surface area contributed by atoms with E-state index >= 15 is 0 Å². The molecule has 0 aliphatic carbocycles. The number of benzene rings is 2. The van der Waals surface area contributed by atoms with Gasteiger partial charge < -0.3 is 20.7 Å². The van der Waals surface area contributed by atoms with Crippen LogP contribution in [0.15, 0.2) is 61.4 Å². The summed E-state index contributed by atoms with van der Waals surface area (Å²) in [4.78, 5) is 22.0. The summed E-state index contributed by atoms with van der Waals surface area (Å²) in [5.41, 5.74) is 7.07. The molecular weight excluding hydrogens is 466 g/mol. The number of ether oxygens (including phenoxy) is 1. The van der Waals surface area contributed by atoms with Crippen LogP contribution in [-0.4, -0.2) is 45.6 Å². The summed E-state index contributed by atoms with van der Waals surface area (Å²) in [6.07, 6.45) is 4.16. The van der Waals surface area contributed by atoms with Gasteiger partial charge in [0.15, 0.2) is 11.6 Å². The SMILES string of the molecule is C=CC(=O)N1CCCC(Nc2ncnc(N)c2C(=N)c2ccc(OCc3cccc(F)c3)c(F)c2)C1. The third kappa shape index (κ3) is 5.65. The fraction of sp³-hybridized carbons (Fsp3) is 0.231. The highest BCUT2D eigenvalue weighted by Gasteiger charge is 2.25. The van der Waals surface area contributed by atoms with Gasteiger partial charge in [0.2, 0.25) is 5.91 Å². The summed E-state index contributed by atoms with van der Waals surface area (Å²) in [5.74, 6) is -0.853. The standard InChI is InChI=1S/C26H26F2N6O2/c1-2-22(35)34-10-4-7-19(13-34)33-26-23(25(30)31-15-32-26)24(29)17-8-9-21(20(28)12-17)36-14-16-5-3-6-18(27)11-16/h2-3,5-6,8-9,11-12,15,19,29H,1,4,7,10,13-14H2,(H3,30,31,32,33). The largest absolute Gasteiger partial charge is 0.486 e. The van der Waals surface area contributed by atoms with Crippen LogP contribution >= 0.6 is 0 Å². The maximum atomic E-state index is 14.8. The zero-order chi connectivity index (χ0) is 25.7. The van der Waals surface area contributed by atoms with E-state index < -0.39 is 11.6 Å². The van der Waals surface area contributed by atoms with Gasteiger partial charge in [-0.2, -0.15) is 0 Å². The van der Waals surface area contributed by atoms with E-state index in [2.05, 4.69) is 21.9 Å². The van der Waals surface area contributed by atoms with E-state index in [0.29, 0.717) is 24.5 Å². The normalized spacial score (nSPS) is 15.3. The monoisotopic (exact) mass is 492 g/mol. The van der Waals surface area contributed by atoms with E-state index in [1.54, 1.807) is 17.0 Å². The molecule has 1 amide bonds. The van der Waals surface area contributed by atoms with Crippen molar-refractivity contribution in [2.24, 2.45) is 0 Å². The van der Waals surface area contributed by atoms with E-state index in [-0.39, 0.29) is 47.0 Å². The zero-order valence-electron chi connectivity index (χ0n) is 19.5. The van der Waals surface area contributed by atoms with Gasteiger partial charge in [-0.05, 0) is 54.8 Å². The van der Waals surface area contributed by atoms with Crippen LogP contribution in [0.25, 0.3) is 0 Å². The summed E-state index contributed by atoms with van der Waals surface area (Å²) >= 11 is 0.